The van der Waals surface area contributed by atoms with Gasteiger partial charge in [-0.2, -0.15) is 0 Å². The van der Waals surface area contributed by atoms with Crippen molar-refractivity contribution in [3.8, 4) is 0 Å². The van der Waals surface area contributed by atoms with Crippen LogP contribution in [0, 0.1) is 0 Å². The SMILES string of the molecule is COC(=O)c1cc(C(F)F)c(CBr)c(Br)n1. The van der Waals surface area contributed by atoms with E-state index in [0.717, 1.165) is 6.07 Å². The van der Waals surface area contributed by atoms with Gasteiger partial charge in [-0.25, -0.2) is 18.6 Å². The van der Waals surface area contributed by atoms with Gasteiger partial charge in [-0.3, -0.25) is 0 Å². The zero-order chi connectivity index (χ0) is 12.3. The lowest BCUT2D eigenvalue weighted by Crippen LogP contribution is -2.08. The molecule has 3 nitrogen and oxygen atoms in total. The molecule has 7 heteroatoms. The van der Waals surface area contributed by atoms with Crippen LogP contribution >= 0.6 is 31.9 Å². The van der Waals surface area contributed by atoms with Gasteiger partial charge in [0.25, 0.3) is 6.43 Å². The maximum atomic E-state index is 12.7. The summed E-state index contributed by atoms with van der Waals surface area (Å²) in [5, 5.41) is 0.224. The van der Waals surface area contributed by atoms with Crippen LogP contribution in [0.4, 0.5) is 8.78 Å². The molecule has 1 heterocycles. The summed E-state index contributed by atoms with van der Waals surface area (Å²) < 4.78 is 30.1. The van der Waals surface area contributed by atoms with Gasteiger partial charge in [-0.05, 0) is 22.0 Å². The Labute approximate surface area is 107 Å². The normalized spacial score (nSPS) is 10.6. The molecule has 0 radical (unpaired) electrons. The molecule has 0 saturated heterocycles. The van der Waals surface area contributed by atoms with Gasteiger partial charge < -0.3 is 4.74 Å². The van der Waals surface area contributed by atoms with Crippen LogP contribution in [0.5, 0.6) is 0 Å². The first kappa shape index (κ1) is 13.5. The number of esters is 1. The number of carbonyl (C=O) groups is 1. The molecule has 0 amide bonds. The summed E-state index contributed by atoms with van der Waals surface area (Å²) in [5.74, 6) is -0.747. The Morgan fingerprint density at radius 2 is 2.25 bits per heavy atom. The van der Waals surface area contributed by atoms with Crippen molar-refractivity contribution in [2.24, 2.45) is 0 Å². The van der Waals surface area contributed by atoms with Crippen LogP contribution in [0.3, 0.4) is 0 Å². The highest BCUT2D eigenvalue weighted by atomic mass is 79.9. The highest BCUT2D eigenvalue weighted by Gasteiger charge is 2.20. The molecule has 0 aliphatic carbocycles. The van der Waals surface area contributed by atoms with E-state index in [1.54, 1.807) is 0 Å². The van der Waals surface area contributed by atoms with Crippen molar-refractivity contribution < 1.29 is 18.3 Å². The smallest absolute Gasteiger partial charge is 0.356 e. The maximum Gasteiger partial charge on any atom is 0.356 e. The molecule has 0 bridgehead atoms. The molecule has 0 saturated carbocycles. The molecule has 0 aliphatic rings. The van der Waals surface area contributed by atoms with Crippen molar-refractivity contribution in [3.63, 3.8) is 0 Å². The van der Waals surface area contributed by atoms with E-state index in [2.05, 4.69) is 41.6 Å². The minimum absolute atomic E-state index is 0.144. The number of pyridine rings is 1. The van der Waals surface area contributed by atoms with Crippen LogP contribution in [0.15, 0.2) is 10.7 Å². The number of ether oxygens (including phenoxy) is 1. The van der Waals surface area contributed by atoms with Gasteiger partial charge in [0.1, 0.15) is 10.3 Å². The van der Waals surface area contributed by atoms with Gasteiger partial charge in [0, 0.05) is 16.5 Å². The third-order valence-corrected chi connectivity index (χ3v) is 3.09. The molecule has 88 valence electrons. The lowest BCUT2D eigenvalue weighted by Gasteiger charge is -2.09. The molecular weight excluding hydrogens is 352 g/mol. The number of hydrogen-bond donors (Lipinski definition) is 0. The van der Waals surface area contributed by atoms with Crippen molar-refractivity contribution in [2.75, 3.05) is 7.11 Å². The van der Waals surface area contributed by atoms with Crippen molar-refractivity contribution in [1.82, 2.24) is 4.98 Å². The molecule has 0 aliphatic heterocycles. The van der Waals surface area contributed by atoms with Crippen LogP contribution in [0.25, 0.3) is 0 Å². The van der Waals surface area contributed by atoms with Crippen molar-refractivity contribution >= 4 is 37.8 Å². The highest BCUT2D eigenvalue weighted by molar-refractivity contribution is 9.10. The number of methoxy groups -OCH3 is 1. The summed E-state index contributed by atoms with van der Waals surface area (Å²) in [6.07, 6.45) is -2.67. The third-order valence-electron chi connectivity index (χ3n) is 1.87. The Kier molecular flexibility index (Phi) is 4.79. The van der Waals surface area contributed by atoms with E-state index in [0.29, 0.717) is 5.56 Å². The Morgan fingerprint density at radius 1 is 1.62 bits per heavy atom. The van der Waals surface area contributed by atoms with Gasteiger partial charge in [0.2, 0.25) is 0 Å². The van der Waals surface area contributed by atoms with E-state index in [1.165, 1.54) is 7.11 Å². The average molecular weight is 359 g/mol. The molecular formula is C9H7Br2F2NO2. The fourth-order valence-electron chi connectivity index (χ4n) is 1.10. The third kappa shape index (κ3) is 2.76. The average Bonchev–Trinajstić information content (AvgIpc) is 2.26. The van der Waals surface area contributed by atoms with Crippen LogP contribution in [-0.2, 0) is 10.1 Å². The highest BCUT2D eigenvalue weighted by Crippen LogP contribution is 2.30. The van der Waals surface area contributed by atoms with E-state index in [-0.39, 0.29) is 21.2 Å². The van der Waals surface area contributed by atoms with E-state index < -0.39 is 12.4 Å². The quantitative estimate of drug-likeness (QED) is 0.472. The van der Waals surface area contributed by atoms with Crippen LogP contribution < -0.4 is 0 Å². The number of nitrogens with zero attached hydrogens (tertiary/aromatic N) is 1. The number of halogens is 4. The predicted octanol–water partition coefficient (Wildman–Crippen LogP) is 3.46. The second-order valence-corrected chi connectivity index (χ2v) is 4.10. The first-order chi connectivity index (χ1) is 7.51. The monoisotopic (exact) mass is 357 g/mol. The second kappa shape index (κ2) is 5.67. The van der Waals surface area contributed by atoms with Gasteiger partial charge in [-0.1, -0.05) is 15.9 Å². The van der Waals surface area contributed by atoms with E-state index in [4.69, 9.17) is 0 Å². The standard InChI is InChI=1S/C9H7Br2F2NO2/c1-16-9(15)6-2-4(8(12)13)5(3-10)7(11)14-6/h2,8H,3H2,1H3. The van der Waals surface area contributed by atoms with Gasteiger partial charge in [-0.15, -0.1) is 0 Å². The molecule has 0 atom stereocenters. The number of rotatable bonds is 3. The largest absolute Gasteiger partial charge is 0.464 e. The molecule has 0 N–H and O–H groups in total. The Bertz CT molecular complexity index is 413. The first-order valence-electron chi connectivity index (χ1n) is 4.13. The molecule has 0 unspecified atom stereocenters. The summed E-state index contributed by atoms with van der Waals surface area (Å²) in [4.78, 5) is 15.0. The fourth-order valence-corrected chi connectivity index (χ4v) is 2.62. The number of aromatic nitrogens is 1. The summed E-state index contributed by atoms with van der Waals surface area (Å²) >= 11 is 6.13. The molecule has 1 aromatic heterocycles. The predicted molar refractivity (Wildman–Crippen MR) is 60.9 cm³/mol. The topological polar surface area (TPSA) is 39.2 Å². The van der Waals surface area contributed by atoms with Gasteiger partial charge in [0.05, 0.1) is 7.11 Å². The van der Waals surface area contributed by atoms with E-state index in [1.807, 2.05) is 0 Å². The lowest BCUT2D eigenvalue weighted by atomic mass is 10.1. The molecule has 16 heavy (non-hydrogen) atoms. The van der Waals surface area contributed by atoms with Crippen LogP contribution in [0.1, 0.15) is 28.0 Å². The molecule has 1 rings (SSSR count). The summed E-state index contributed by atoms with van der Waals surface area (Å²) in [5.41, 5.74) is -0.0591. The van der Waals surface area contributed by atoms with Crippen molar-refractivity contribution in [2.45, 2.75) is 11.8 Å². The van der Waals surface area contributed by atoms with Gasteiger partial charge in [0.15, 0.2) is 0 Å². The number of alkyl halides is 3. The second-order valence-electron chi connectivity index (χ2n) is 2.79. The molecule has 1 aromatic rings. The molecule has 0 spiro atoms. The zero-order valence-corrected chi connectivity index (χ0v) is 11.3. The summed E-state index contributed by atoms with van der Waals surface area (Å²) in [7, 11) is 1.17. The van der Waals surface area contributed by atoms with Gasteiger partial charge >= 0.3 is 5.97 Å². The molecule has 0 fully saturated rings. The van der Waals surface area contributed by atoms with Crippen molar-refractivity contribution in [3.05, 3.63) is 27.5 Å². The minimum Gasteiger partial charge on any atom is -0.464 e. The zero-order valence-electron chi connectivity index (χ0n) is 8.14. The van der Waals surface area contributed by atoms with Crippen LogP contribution in [0.2, 0.25) is 0 Å². The van der Waals surface area contributed by atoms with E-state index in [9.17, 15) is 13.6 Å². The Hall–Kier alpha value is -0.560. The first-order valence-corrected chi connectivity index (χ1v) is 6.04. The number of hydrogen-bond acceptors (Lipinski definition) is 3. The Balaban J connectivity index is 3.33. The minimum atomic E-state index is -2.67. The van der Waals surface area contributed by atoms with Crippen LogP contribution in [-0.4, -0.2) is 18.1 Å². The molecule has 0 aromatic carbocycles. The van der Waals surface area contributed by atoms with Crippen molar-refractivity contribution in [1.29, 1.82) is 0 Å². The fraction of sp³-hybridized carbons (Fsp3) is 0.333. The lowest BCUT2D eigenvalue weighted by molar-refractivity contribution is 0.0593. The number of carbonyl (C=O) groups excluding carboxylic acids is 1. The summed E-state index contributed by atoms with van der Waals surface area (Å²) in [6.45, 7) is 0. The summed E-state index contributed by atoms with van der Waals surface area (Å²) in [6, 6.07) is 1.04. The van der Waals surface area contributed by atoms with E-state index >= 15 is 0 Å². The maximum absolute atomic E-state index is 12.7. The Morgan fingerprint density at radius 3 is 2.69 bits per heavy atom.